The summed E-state index contributed by atoms with van der Waals surface area (Å²) in [5.74, 6) is -0.961. The van der Waals surface area contributed by atoms with E-state index < -0.39 is 11.4 Å². The molecule has 0 aromatic rings. The van der Waals surface area contributed by atoms with Crippen LogP contribution < -0.4 is 0 Å². The minimum Gasteiger partial charge on any atom is -0.481 e. The van der Waals surface area contributed by atoms with Gasteiger partial charge in [0.2, 0.25) is 11.8 Å². The molecule has 0 aromatic heterocycles. The monoisotopic (exact) mass is 296 g/mol. The minimum absolute atomic E-state index is 0.00870. The van der Waals surface area contributed by atoms with Crippen LogP contribution in [0, 0.1) is 11.3 Å². The Morgan fingerprint density at radius 1 is 1.29 bits per heavy atom. The van der Waals surface area contributed by atoms with Gasteiger partial charge in [-0.15, -0.1) is 0 Å². The van der Waals surface area contributed by atoms with Gasteiger partial charge in [-0.1, -0.05) is 6.92 Å². The lowest BCUT2D eigenvalue weighted by molar-refractivity contribution is -0.155. The lowest BCUT2D eigenvalue weighted by Gasteiger charge is -2.39. The summed E-state index contributed by atoms with van der Waals surface area (Å²) in [4.78, 5) is 39.1. The van der Waals surface area contributed by atoms with Crippen molar-refractivity contribution in [2.75, 3.05) is 26.2 Å². The number of aliphatic carboxylic acids is 1. The molecule has 2 saturated heterocycles. The fourth-order valence-corrected chi connectivity index (χ4v) is 3.38. The summed E-state index contributed by atoms with van der Waals surface area (Å²) in [7, 11) is 0. The molecule has 6 nitrogen and oxygen atoms in total. The van der Waals surface area contributed by atoms with Crippen LogP contribution in [0.3, 0.4) is 0 Å². The van der Waals surface area contributed by atoms with Crippen molar-refractivity contribution in [3.63, 3.8) is 0 Å². The Bertz CT molecular complexity index is 441. The van der Waals surface area contributed by atoms with Gasteiger partial charge in [0.25, 0.3) is 0 Å². The molecule has 2 amide bonds. The highest BCUT2D eigenvalue weighted by Gasteiger charge is 2.43. The molecule has 0 saturated carbocycles. The summed E-state index contributed by atoms with van der Waals surface area (Å²) in [5, 5.41) is 9.37. The second kappa shape index (κ2) is 6.03. The highest BCUT2D eigenvalue weighted by atomic mass is 16.4. The topological polar surface area (TPSA) is 77.9 Å². The smallest absolute Gasteiger partial charge is 0.309 e. The Morgan fingerprint density at radius 3 is 2.33 bits per heavy atom. The Kier molecular flexibility index (Phi) is 4.54. The fraction of sp³-hybridized carbons (Fsp3) is 0.800. The van der Waals surface area contributed by atoms with Crippen molar-refractivity contribution in [1.29, 1.82) is 0 Å². The second-order valence-corrected chi connectivity index (χ2v) is 6.10. The zero-order valence-corrected chi connectivity index (χ0v) is 12.8. The lowest BCUT2D eigenvalue weighted by atomic mass is 9.76. The van der Waals surface area contributed by atoms with Crippen molar-refractivity contribution in [2.24, 2.45) is 11.3 Å². The van der Waals surface area contributed by atoms with E-state index >= 15 is 0 Å². The van der Waals surface area contributed by atoms with E-state index in [1.54, 1.807) is 9.80 Å². The molecule has 1 unspecified atom stereocenters. The van der Waals surface area contributed by atoms with Gasteiger partial charge < -0.3 is 14.9 Å². The third-order valence-corrected chi connectivity index (χ3v) is 5.11. The molecule has 21 heavy (non-hydrogen) atoms. The number of carbonyl (C=O) groups excluding carboxylic acids is 2. The van der Waals surface area contributed by atoms with Crippen LogP contribution in [-0.4, -0.2) is 58.9 Å². The number of carbonyl (C=O) groups is 3. The lowest BCUT2D eigenvalue weighted by Crippen LogP contribution is -2.48. The van der Waals surface area contributed by atoms with Gasteiger partial charge in [-0.25, -0.2) is 0 Å². The number of rotatable bonds is 4. The molecule has 1 atom stereocenters. The molecule has 2 aliphatic rings. The number of nitrogens with zero attached hydrogens (tertiary/aromatic N) is 2. The number of carboxylic acid groups (broad SMARTS) is 1. The third kappa shape index (κ3) is 2.89. The zero-order valence-electron chi connectivity index (χ0n) is 12.8. The first-order valence-electron chi connectivity index (χ1n) is 7.73. The maximum atomic E-state index is 12.5. The van der Waals surface area contributed by atoms with Gasteiger partial charge in [-0.2, -0.15) is 0 Å². The molecular formula is C15H24N2O4. The predicted molar refractivity (Wildman–Crippen MR) is 76.5 cm³/mol. The van der Waals surface area contributed by atoms with Crippen LogP contribution in [0.2, 0.25) is 0 Å². The quantitative estimate of drug-likeness (QED) is 0.838. The average Bonchev–Trinajstić information content (AvgIpc) is 2.87. The van der Waals surface area contributed by atoms with E-state index in [1.807, 2.05) is 13.8 Å². The van der Waals surface area contributed by atoms with Crippen LogP contribution in [0.5, 0.6) is 0 Å². The van der Waals surface area contributed by atoms with Crippen LogP contribution in [-0.2, 0) is 14.4 Å². The van der Waals surface area contributed by atoms with E-state index in [4.69, 9.17) is 0 Å². The molecule has 6 heteroatoms. The van der Waals surface area contributed by atoms with Gasteiger partial charge in [0.1, 0.15) is 0 Å². The summed E-state index contributed by atoms with van der Waals surface area (Å²) in [6.07, 6.45) is 1.89. The van der Waals surface area contributed by atoms with E-state index in [-0.39, 0.29) is 17.7 Å². The van der Waals surface area contributed by atoms with E-state index in [1.165, 1.54) is 0 Å². The van der Waals surface area contributed by atoms with E-state index in [9.17, 15) is 19.5 Å². The summed E-state index contributed by atoms with van der Waals surface area (Å²) in [6, 6.07) is 0. The molecule has 2 fully saturated rings. The number of piperidine rings is 1. The molecule has 2 rings (SSSR count). The average molecular weight is 296 g/mol. The second-order valence-electron chi connectivity index (χ2n) is 6.10. The number of amides is 2. The number of hydrogen-bond acceptors (Lipinski definition) is 3. The Hall–Kier alpha value is -1.59. The van der Waals surface area contributed by atoms with Crippen molar-refractivity contribution in [3.05, 3.63) is 0 Å². The highest BCUT2D eigenvalue weighted by molar-refractivity contribution is 5.89. The van der Waals surface area contributed by atoms with Gasteiger partial charge in [0.05, 0.1) is 11.3 Å². The fourth-order valence-electron chi connectivity index (χ4n) is 3.38. The van der Waals surface area contributed by atoms with Gasteiger partial charge in [-0.3, -0.25) is 14.4 Å². The molecular weight excluding hydrogens is 272 g/mol. The molecule has 0 spiro atoms. The predicted octanol–water partition coefficient (Wildman–Crippen LogP) is 0.958. The van der Waals surface area contributed by atoms with E-state index in [0.29, 0.717) is 51.9 Å². The summed E-state index contributed by atoms with van der Waals surface area (Å²) < 4.78 is 0. The number of carboxylic acids is 1. The summed E-state index contributed by atoms with van der Waals surface area (Å²) in [6.45, 7) is 5.91. The van der Waals surface area contributed by atoms with Crippen LogP contribution in [0.15, 0.2) is 0 Å². The van der Waals surface area contributed by atoms with Gasteiger partial charge in [-0.05, 0) is 26.2 Å². The first kappa shape index (κ1) is 15.8. The van der Waals surface area contributed by atoms with Crippen molar-refractivity contribution in [3.8, 4) is 0 Å². The van der Waals surface area contributed by atoms with E-state index in [2.05, 4.69) is 0 Å². The van der Waals surface area contributed by atoms with Crippen LogP contribution in [0.25, 0.3) is 0 Å². The summed E-state index contributed by atoms with van der Waals surface area (Å²) in [5.41, 5.74) is -0.683. The molecule has 2 aliphatic heterocycles. The Morgan fingerprint density at radius 2 is 1.90 bits per heavy atom. The standard InChI is InChI=1S/C15H24N2O4/c1-3-15(14(20)21)5-7-17(8-6-15)13(19)11-9-12(18)16(4-2)10-11/h11H,3-10H2,1-2H3,(H,20,21). The molecule has 0 aliphatic carbocycles. The molecule has 2 heterocycles. The molecule has 0 bridgehead atoms. The van der Waals surface area contributed by atoms with Gasteiger partial charge in [0.15, 0.2) is 0 Å². The molecule has 1 N–H and O–H groups in total. The summed E-state index contributed by atoms with van der Waals surface area (Å²) >= 11 is 0. The van der Waals surface area contributed by atoms with Crippen LogP contribution in [0.1, 0.15) is 39.5 Å². The van der Waals surface area contributed by atoms with Crippen LogP contribution >= 0.6 is 0 Å². The Balaban J connectivity index is 1.95. The first-order chi connectivity index (χ1) is 9.93. The molecule has 0 radical (unpaired) electrons. The third-order valence-electron chi connectivity index (χ3n) is 5.11. The van der Waals surface area contributed by atoms with Crippen molar-refractivity contribution in [1.82, 2.24) is 9.80 Å². The molecule has 118 valence electrons. The first-order valence-corrected chi connectivity index (χ1v) is 7.73. The van der Waals surface area contributed by atoms with Crippen molar-refractivity contribution >= 4 is 17.8 Å². The van der Waals surface area contributed by atoms with Crippen LogP contribution in [0.4, 0.5) is 0 Å². The number of likely N-dealkylation sites (tertiary alicyclic amines) is 2. The van der Waals surface area contributed by atoms with Gasteiger partial charge in [0, 0.05) is 32.6 Å². The van der Waals surface area contributed by atoms with Crippen molar-refractivity contribution < 1.29 is 19.5 Å². The maximum absolute atomic E-state index is 12.5. The van der Waals surface area contributed by atoms with E-state index in [0.717, 1.165) is 0 Å². The highest BCUT2D eigenvalue weighted by Crippen LogP contribution is 2.36. The SMILES string of the molecule is CCN1CC(C(=O)N2CCC(CC)(C(=O)O)CC2)CC1=O. The minimum atomic E-state index is -0.759. The maximum Gasteiger partial charge on any atom is 0.309 e. The molecule has 0 aromatic carbocycles. The Labute approximate surface area is 125 Å². The van der Waals surface area contributed by atoms with Crippen molar-refractivity contribution in [2.45, 2.75) is 39.5 Å². The normalized spacial score (nSPS) is 25.2. The van der Waals surface area contributed by atoms with Gasteiger partial charge >= 0.3 is 5.97 Å². The zero-order chi connectivity index (χ0) is 15.6. The number of hydrogen-bond donors (Lipinski definition) is 1. The largest absolute Gasteiger partial charge is 0.481 e.